The van der Waals surface area contributed by atoms with Crippen LogP contribution in [0.15, 0.2) is 41.7 Å². The van der Waals surface area contributed by atoms with Crippen LogP contribution in [0.5, 0.6) is 0 Å². The third-order valence-electron chi connectivity index (χ3n) is 5.96. The molecule has 0 saturated carbocycles. The van der Waals surface area contributed by atoms with E-state index in [0.717, 1.165) is 31.6 Å². The number of hydrogen-bond acceptors (Lipinski definition) is 8. The van der Waals surface area contributed by atoms with Crippen LogP contribution in [0.4, 0.5) is 5.69 Å². The Balaban J connectivity index is 1.41. The van der Waals surface area contributed by atoms with Crippen LogP contribution in [0.3, 0.4) is 0 Å². The molecule has 5 rings (SSSR count). The maximum absolute atomic E-state index is 11.6. The number of hydrogen-bond donors (Lipinski definition) is 2. The molecule has 2 aliphatic rings. The van der Waals surface area contributed by atoms with Crippen molar-refractivity contribution in [3.63, 3.8) is 0 Å². The minimum atomic E-state index is -0.495. The molecule has 1 aromatic carbocycles. The molecule has 3 aromatic rings. The van der Waals surface area contributed by atoms with Crippen molar-refractivity contribution in [3.05, 3.63) is 53.1 Å². The van der Waals surface area contributed by atoms with Gasteiger partial charge in [-0.25, -0.2) is 4.99 Å². The van der Waals surface area contributed by atoms with Crippen molar-refractivity contribution in [2.24, 2.45) is 10.7 Å². The summed E-state index contributed by atoms with van der Waals surface area (Å²) >= 11 is 0. The second kappa shape index (κ2) is 8.08. The quantitative estimate of drug-likeness (QED) is 0.556. The van der Waals surface area contributed by atoms with Crippen molar-refractivity contribution in [1.82, 2.24) is 34.6 Å². The van der Waals surface area contributed by atoms with E-state index < -0.39 is 5.91 Å². The lowest BCUT2D eigenvalue weighted by Gasteiger charge is -2.29. The molecule has 2 aliphatic heterocycles. The number of anilines is 1. The molecule has 11 heteroatoms. The van der Waals surface area contributed by atoms with E-state index >= 15 is 0 Å². The molecule has 1 fully saturated rings. The lowest BCUT2D eigenvalue weighted by atomic mass is 10.1. The Labute approximate surface area is 184 Å². The molecule has 1 atom stereocenters. The average Bonchev–Trinajstić information content (AvgIpc) is 3.42. The molecule has 0 spiro atoms. The van der Waals surface area contributed by atoms with Gasteiger partial charge in [-0.1, -0.05) is 11.3 Å². The van der Waals surface area contributed by atoms with Gasteiger partial charge >= 0.3 is 0 Å². The molecule has 2 aromatic heterocycles. The first kappa shape index (κ1) is 20.2. The molecule has 1 unspecified atom stereocenters. The van der Waals surface area contributed by atoms with Crippen LogP contribution in [0, 0.1) is 0 Å². The number of carbonyl (C=O) groups excluding carboxylic acids is 1. The number of primary amides is 1. The SMILES string of the molecule is CN1CCC(n2cc(NC3N=c4c(nnn4-c4cccc(C(N)=O)c4)=CN3C)cn2)CC1. The zero-order valence-corrected chi connectivity index (χ0v) is 18.1. The Morgan fingerprint density at radius 1 is 1.22 bits per heavy atom. The first-order chi connectivity index (χ1) is 15.5. The number of amides is 1. The lowest BCUT2D eigenvalue weighted by Crippen LogP contribution is -2.45. The molecular formula is C21H26N10O. The van der Waals surface area contributed by atoms with E-state index in [0.29, 0.717) is 28.1 Å². The van der Waals surface area contributed by atoms with Gasteiger partial charge in [0.05, 0.1) is 23.6 Å². The van der Waals surface area contributed by atoms with Gasteiger partial charge in [-0.05, 0) is 51.2 Å². The summed E-state index contributed by atoms with van der Waals surface area (Å²) in [5, 5.41) is 17.1. The van der Waals surface area contributed by atoms with Gasteiger partial charge in [-0.15, -0.1) is 5.10 Å². The van der Waals surface area contributed by atoms with Crippen LogP contribution >= 0.6 is 0 Å². The lowest BCUT2D eigenvalue weighted by molar-refractivity contribution is 0.1000. The molecule has 4 heterocycles. The van der Waals surface area contributed by atoms with Gasteiger partial charge < -0.3 is 20.9 Å². The van der Waals surface area contributed by atoms with Crippen LogP contribution in [-0.4, -0.2) is 74.0 Å². The van der Waals surface area contributed by atoms with Gasteiger partial charge in [-0.2, -0.15) is 9.78 Å². The van der Waals surface area contributed by atoms with Crippen molar-refractivity contribution in [3.8, 4) is 5.69 Å². The predicted octanol–water partition coefficient (Wildman–Crippen LogP) is -0.472. The summed E-state index contributed by atoms with van der Waals surface area (Å²) < 4.78 is 3.66. The third kappa shape index (κ3) is 3.82. The molecule has 0 radical (unpaired) electrons. The Kier molecular flexibility index (Phi) is 5.10. The van der Waals surface area contributed by atoms with Gasteiger partial charge in [0.2, 0.25) is 5.91 Å². The monoisotopic (exact) mass is 434 g/mol. The summed E-state index contributed by atoms with van der Waals surface area (Å²) in [6.45, 7) is 2.17. The molecule has 1 amide bonds. The fourth-order valence-corrected chi connectivity index (χ4v) is 4.08. The number of benzene rings is 1. The highest BCUT2D eigenvalue weighted by molar-refractivity contribution is 5.93. The number of likely N-dealkylation sites (tertiary alicyclic amines) is 1. The number of nitrogens with two attached hydrogens (primary N) is 1. The van der Waals surface area contributed by atoms with E-state index in [1.807, 2.05) is 36.6 Å². The van der Waals surface area contributed by atoms with Crippen LogP contribution in [0.25, 0.3) is 11.9 Å². The summed E-state index contributed by atoms with van der Waals surface area (Å²) in [5.74, 6) is -0.495. The summed E-state index contributed by atoms with van der Waals surface area (Å²) in [7, 11) is 4.08. The first-order valence-electron chi connectivity index (χ1n) is 10.6. The number of aromatic nitrogens is 5. The predicted molar refractivity (Wildman–Crippen MR) is 118 cm³/mol. The summed E-state index contributed by atoms with van der Waals surface area (Å²) in [6.07, 6.45) is 7.61. The average molecular weight is 435 g/mol. The van der Waals surface area contributed by atoms with Crippen molar-refractivity contribution in [2.75, 3.05) is 32.5 Å². The second-order valence-corrected chi connectivity index (χ2v) is 8.31. The van der Waals surface area contributed by atoms with E-state index in [1.54, 1.807) is 22.9 Å². The minimum Gasteiger partial charge on any atom is -0.366 e. The Bertz CT molecular complexity index is 1250. The van der Waals surface area contributed by atoms with Crippen LogP contribution in [-0.2, 0) is 0 Å². The Morgan fingerprint density at radius 3 is 2.81 bits per heavy atom. The Morgan fingerprint density at radius 2 is 2.03 bits per heavy atom. The highest BCUT2D eigenvalue weighted by Gasteiger charge is 2.21. The van der Waals surface area contributed by atoms with Crippen LogP contribution < -0.4 is 21.9 Å². The van der Waals surface area contributed by atoms with Crippen LogP contribution in [0.1, 0.15) is 29.2 Å². The molecule has 1 saturated heterocycles. The van der Waals surface area contributed by atoms with E-state index in [1.165, 1.54) is 0 Å². The van der Waals surface area contributed by atoms with Gasteiger partial charge in [-0.3, -0.25) is 9.48 Å². The second-order valence-electron chi connectivity index (χ2n) is 8.31. The first-order valence-corrected chi connectivity index (χ1v) is 10.6. The number of fused-ring (bicyclic) bond motifs is 1. The number of nitrogens with one attached hydrogen (secondary N) is 1. The van der Waals surface area contributed by atoms with Crippen molar-refractivity contribution >= 4 is 17.8 Å². The van der Waals surface area contributed by atoms with E-state index in [4.69, 9.17) is 10.7 Å². The van der Waals surface area contributed by atoms with Gasteiger partial charge in [0.15, 0.2) is 11.8 Å². The maximum Gasteiger partial charge on any atom is 0.248 e. The topological polar surface area (TPSA) is 122 Å². The highest BCUT2D eigenvalue weighted by atomic mass is 16.1. The van der Waals surface area contributed by atoms with Crippen LogP contribution in [0.2, 0.25) is 0 Å². The zero-order chi connectivity index (χ0) is 22.2. The third-order valence-corrected chi connectivity index (χ3v) is 5.96. The number of carbonyl (C=O) groups is 1. The van der Waals surface area contributed by atoms with Gasteiger partial charge in [0.25, 0.3) is 0 Å². The summed E-state index contributed by atoms with van der Waals surface area (Å²) in [5.41, 5.74) is 8.00. The van der Waals surface area contributed by atoms with E-state index in [9.17, 15) is 4.79 Å². The summed E-state index contributed by atoms with van der Waals surface area (Å²) in [4.78, 5) is 20.7. The standard InChI is InChI=1S/C21H26N10O/c1-28-8-6-16(7-9-28)30-12-15(11-23-30)24-21-25-20-18(13-29(21)2)26-27-31(20)17-5-3-4-14(10-17)19(22)32/h3-5,10-13,16,21,24H,6-9H2,1-2H3,(H2,22,32). The van der Waals surface area contributed by atoms with Crippen molar-refractivity contribution < 1.29 is 4.79 Å². The largest absolute Gasteiger partial charge is 0.366 e. The Hall–Kier alpha value is -3.73. The zero-order valence-electron chi connectivity index (χ0n) is 18.1. The molecule has 0 aliphatic carbocycles. The molecule has 32 heavy (non-hydrogen) atoms. The maximum atomic E-state index is 11.6. The number of rotatable bonds is 5. The minimum absolute atomic E-state index is 0.353. The molecule has 166 valence electrons. The molecule has 11 nitrogen and oxygen atoms in total. The van der Waals surface area contributed by atoms with Gasteiger partial charge in [0, 0.05) is 25.0 Å². The molecule has 0 bridgehead atoms. The van der Waals surface area contributed by atoms with Crippen molar-refractivity contribution in [2.45, 2.75) is 25.2 Å². The summed E-state index contributed by atoms with van der Waals surface area (Å²) in [6, 6.07) is 7.36. The molecular weight excluding hydrogens is 408 g/mol. The van der Waals surface area contributed by atoms with E-state index in [2.05, 4.69) is 37.4 Å². The normalized spacial score (nSPS) is 19.2. The number of nitrogens with zero attached hydrogens (tertiary/aromatic N) is 8. The van der Waals surface area contributed by atoms with Crippen molar-refractivity contribution in [1.29, 1.82) is 0 Å². The highest BCUT2D eigenvalue weighted by Crippen LogP contribution is 2.22. The number of piperidine rings is 1. The smallest absolute Gasteiger partial charge is 0.248 e. The van der Waals surface area contributed by atoms with E-state index in [-0.39, 0.29) is 6.29 Å². The molecule has 3 N–H and O–H groups in total. The fourth-order valence-electron chi connectivity index (χ4n) is 4.08. The fraction of sp³-hybridized carbons (Fsp3) is 0.381. The van der Waals surface area contributed by atoms with Gasteiger partial charge in [0.1, 0.15) is 5.35 Å².